The number of hydrogen-bond donors (Lipinski definition) is 1. The summed E-state index contributed by atoms with van der Waals surface area (Å²) in [7, 11) is 0. The molecule has 2 aromatic rings. The van der Waals surface area contributed by atoms with E-state index in [9.17, 15) is 14.4 Å². The van der Waals surface area contributed by atoms with Crippen LogP contribution in [0, 0.1) is 0 Å². The Morgan fingerprint density at radius 1 is 1.04 bits per heavy atom. The van der Waals surface area contributed by atoms with Gasteiger partial charge in [0.25, 0.3) is 5.91 Å². The van der Waals surface area contributed by atoms with Crippen LogP contribution in [0.25, 0.3) is 0 Å². The average Bonchev–Trinajstić information content (AvgIpc) is 2.61. The molecular weight excluding hydrogens is 338 g/mol. The lowest BCUT2D eigenvalue weighted by atomic mass is 10.1. The molecule has 0 fully saturated rings. The van der Waals surface area contributed by atoms with Crippen LogP contribution in [-0.2, 0) is 9.53 Å². The van der Waals surface area contributed by atoms with Crippen molar-refractivity contribution >= 4 is 35.1 Å². The highest BCUT2D eigenvalue weighted by Gasteiger charge is 2.20. The molecule has 0 unspecified atom stereocenters. The van der Waals surface area contributed by atoms with E-state index in [1.165, 1.54) is 25.6 Å². The summed E-state index contributed by atoms with van der Waals surface area (Å²) in [5.74, 6) is -1.03. The van der Waals surface area contributed by atoms with Gasteiger partial charge in [-0.15, -0.1) is 11.8 Å². The third-order valence-corrected chi connectivity index (χ3v) is 4.33. The van der Waals surface area contributed by atoms with Crippen molar-refractivity contribution in [1.82, 2.24) is 0 Å². The van der Waals surface area contributed by atoms with Crippen LogP contribution in [0.15, 0.2) is 53.4 Å². The van der Waals surface area contributed by atoms with E-state index >= 15 is 0 Å². The summed E-state index contributed by atoms with van der Waals surface area (Å²) in [6, 6.07) is 13.6. The van der Waals surface area contributed by atoms with Crippen LogP contribution in [-0.4, -0.2) is 30.0 Å². The number of hydrogen-bond acceptors (Lipinski definition) is 5. The molecule has 6 heteroatoms. The molecule has 1 N–H and O–H groups in total. The molecule has 5 nitrogen and oxygen atoms in total. The van der Waals surface area contributed by atoms with Gasteiger partial charge in [-0.1, -0.05) is 12.1 Å². The highest BCUT2D eigenvalue weighted by molar-refractivity contribution is 7.98. The smallest absolute Gasteiger partial charge is 0.340 e. The van der Waals surface area contributed by atoms with Crippen molar-refractivity contribution in [2.75, 3.05) is 11.6 Å². The van der Waals surface area contributed by atoms with E-state index in [0.29, 0.717) is 16.8 Å². The number of amides is 1. The molecule has 0 heterocycles. The maximum atomic E-state index is 12.3. The Bertz CT molecular complexity index is 786. The summed E-state index contributed by atoms with van der Waals surface area (Å²) in [5.41, 5.74) is 1.52. The molecule has 0 aliphatic rings. The fourth-order valence-corrected chi connectivity index (χ4v) is 2.71. The second-order valence-corrected chi connectivity index (χ2v) is 6.22. The first-order valence-corrected chi connectivity index (χ1v) is 8.90. The topological polar surface area (TPSA) is 72.5 Å². The van der Waals surface area contributed by atoms with Crippen LogP contribution >= 0.6 is 11.8 Å². The minimum absolute atomic E-state index is 0.0485. The predicted molar refractivity (Wildman–Crippen MR) is 98.2 cm³/mol. The van der Waals surface area contributed by atoms with Crippen molar-refractivity contribution < 1.29 is 19.1 Å². The van der Waals surface area contributed by atoms with E-state index in [4.69, 9.17) is 4.74 Å². The summed E-state index contributed by atoms with van der Waals surface area (Å²) in [6.07, 6.45) is 0.919. The highest BCUT2D eigenvalue weighted by atomic mass is 32.2. The Kier molecular flexibility index (Phi) is 6.36. The van der Waals surface area contributed by atoms with Crippen LogP contribution in [0.5, 0.6) is 0 Å². The number of nitrogens with one attached hydrogen (secondary N) is 1. The zero-order valence-corrected chi connectivity index (χ0v) is 15.1. The molecule has 130 valence electrons. The number of benzene rings is 2. The Morgan fingerprint density at radius 3 is 2.28 bits per heavy atom. The fourth-order valence-electron chi connectivity index (χ4n) is 2.12. The highest BCUT2D eigenvalue weighted by Crippen LogP contribution is 2.21. The van der Waals surface area contributed by atoms with Gasteiger partial charge in [0.05, 0.1) is 5.56 Å². The standard InChI is InChI=1S/C19H19NO4S/c1-12(21)14-8-10-15(11-9-14)20-18(22)13(2)24-19(23)16-6-4-5-7-17(16)25-3/h4-11,13H,1-3H3,(H,20,22)/t13-/m0/s1. The van der Waals surface area contributed by atoms with Crippen LogP contribution in [0.2, 0.25) is 0 Å². The summed E-state index contributed by atoms with van der Waals surface area (Å²) >= 11 is 1.44. The molecule has 0 aliphatic heterocycles. The number of Topliss-reactive ketones (excluding diaryl/α,β-unsaturated/α-hetero) is 1. The molecular formula is C19H19NO4S. The van der Waals surface area contributed by atoms with Crippen molar-refractivity contribution in [2.24, 2.45) is 0 Å². The molecule has 0 aromatic heterocycles. The van der Waals surface area contributed by atoms with Crippen molar-refractivity contribution in [3.63, 3.8) is 0 Å². The average molecular weight is 357 g/mol. The summed E-state index contributed by atoms with van der Waals surface area (Å²) in [6.45, 7) is 2.99. The first-order chi connectivity index (χ1) is 11.9. The van der Waals surface area contributed by atoms with Gasteiger partial charge in [-0.2, -0.15) is 0 Å². The molecule has 0 spiro atoms. The monoisotopic (exact) mass is 357 g/mol. The van der Waals surface area contributed by atoms with Gasteiger partial charge in [0, 0.05) is 16.1 Å². The van der Waals surface area contributed by atoms with E-state index in [2.05, 4.69) is 5.32 Å². The third kappa shape index (κ3) is 4.93. The number of ether oxygens (including phenoxy) is 1. The van der Waals surface area contributed by atoms with Gasteiger partial charge in [-0.25, -0.2) is 4.79 Å². The molecule has 2 aromatic carbocycles. The van der Waals surface area contributed by atoms with Gasteiger partial charge < -0.3 is 10.1 Å². The Balaban J connectivity index is 2.00. The van der Waals surface area contributed by atoms with Gasteiger partial charge in [0.15, 0.2) is 11.9 Å². The Morgan fingerprint density at radius 2 is 1.68 bits per heavy atom. The zero-order valence-electron chi connectivity index (χ0n) is 14.2. The van der Waals surface area contributed by atoms with Crippen molar-refractivity contribution in [3.05, 3.63) is 59.7 Å². The number of thioether (sulfide) groups is 1. The maximum absolute atomic E-state index is 12.3. The van der Waals surface area contributed by atoms with E-state index in [1.54, 1.807) is 36.4 Å². The number of anilines is 1. The fraction of sp³-hybridized carbons (Fsp3) is 0.211. The minimum Gasteiger partial charge on any atom is -0.449 e. The predicted octanol–water partition coefficient (Wildman–Crippen LogP) is 3.80. The van der Waals surface area contributed by atoms with E-state index in [0.717, 1.165) is 4.90 Å². The molecule has 0 aliphatic carbocycles. The molecule has 0 saturated carbocycles. The molecule has 0 saturated heterocycles. The van der Waals surface area contributed by atoms with Gasteiger partial charge >= 0.3 is 5.97 Å². The molecule has 0 radical (unpaired) electrons. The Labute approximate surface area is 150 Å². The molecule has 25 heavy (non-hydrogen) atoms. The van der Waals surface area contributed by atoms with E-state index < -0.39 is 18.0 Å². The van der Waals surface area contributed by atoms with Gasteiger partial charge in [0.2, 0.25) is 0 Å². The van der Waals surface area contributed by atoms with Crippen LogP contribution in [0.1, 0.15) is 34.6 Å². The van der Waals surface area contributed by atoms with Crippen LogP contribution < -0.4 is 5.32 Å². The van der Waals surface area contributed by atoms with Crippen LogP contribution in [0.4, 0.5) is 5.69 Å². The third-order valence-electron chi connectivity index (χ3n) is 3.54. The number of ketones is 1. The summed E-state index contributed by atoms with van der Waals surface area (Å²) in [5, 5.41) is 2.66. The van der Waals surface area contributed by atoms with Gasteiger partial charge in [0.1, 0.15) is 0 Å². The number of carbonyl (C=O) groups is 3. The number of carbonyl (C=O) groups excluding carboxylic acids is 3. The molecule has 0 bridgehead atoms. The first kappa shape index (κ1) is 18.7. The second-order valence-electron chi connectivity index (χ2n) is 5.37. The molecule has 2 rings (SSSR count). The molecule has 1 atom stereocenters. The Hall–Kier alpha value is -2.60. The van der Waals surface area contributed by atoms with Crippen molar-refractivity contribution in [1.29, 1.82) is 0 Å². The summed E-state index contributed by atoms with van der Waals surface area (Å²) in [4.78, 5) is 36.5. The minimum atomic E-state index is -0.949. The lowest BCUT2D eigenvalue weighted by Gasteiger charge is -2.14. The summed E-state index contributed by atoms with van der Waals surface area (Å²) < 4.78 is 5.26. The second kappa shape index (κ2) is 8.48. The largest absolute Gasteiger partial charge is 0.449 e. The lowest BCUT2D eigenvalue weighted by molar-refractivity contribution is -0.123. The van der Waals surface area contributed by atoms with E-state index in [1.807, 2.05) is 18.4 Å². The number of esters is 1. The first-order valence-electron chi connectivity index (χ1n) is 7.68. The lowest BCUT2D eigenvalue weighted by Crippen LogP contribution is -2.30. The maximum Gasteiger partial charge on any atom is 0.340 e. The van der Waals surface area contributed by atoms with Crippen molar-refractivity contribution in [3.8, 4) is 0 Å². The number of rotatable bonds is 6. The quantitative estimate of drug-likeness (QED) is 0.484. The zero-order chi connectivity index (χ0) is 18.4. The molecule has 1 amide bonds. The van der Waals surface area contributed by atoms with Gasteiger partial charge in [-0.05, 0) is 56.5 Å². The SMILES string of the molecule is CSc1ccccc1C(=O)O[C@@H](C)C(=O)Nc1ccc(C(C)=O)cc1. The normalized spacial score (nSPS) is 11.5. The van der Waals surface area contributed by atoms with Crippen molar-refractivity contribution in [2.45, 2.75) is 24.8 Å². The van der Waals surface area contributed by atoms with Gasteiger partial charge in [-0.3, -0.25) is 9.59 Å². The van der Waals surface area contributed by atoms with Crippen LogP contribution in [0.3, 0.4) is 0 Å². The van der Waals surface area contributed by atoms with E-state index in [-0.39, 0.29) is 5.78 Å².